The molecule has 1 aromatic carbocycles. The number of carbonyl (C=O) groups is 2. The molecule has 0 radical (unpaired) electrons. The zero-order valence-electron chi connectivity index (χ0n) is 11.0. The molecular formula is C15H13ClN2O3. The third kappa shape index (κ3) is 2.52. The molecule has 21 heavy (non-hydrogen) atoms. The number of amides is 1. The Hall–Kier alpha value is -2.27. The summed E-state index contributed by atoms with van der Waals surface area (Å²) in [5, 5.41) is 9.84. The van der Waals surface area contributed by atoms with Gasteiger partial charge in [0, 0.05) is 19.3 Å². The van der Waals surface area contributed by atoms with Crippen LogP contribution in [0.3, 0.4) is 0 Å². The van der Waals surface area contributed by atoms with Gasteiger partial charge < -0.3 is 15.0 Å². The van der Waals surface area contributed by atoms with E-state index in [1.54, 1.807) is 12.1 Å². The van der Waals surface area contributed by atoms with Crippen LogP contribution in [-0.2, 0) is 11.3 Å². The van der Waals surface area contributed by atoms with Crippen LogP contribution in [0.1, 0.15) is 27.5 Å². The number of hydrogen-bond acceptors (Lipinski definition) is 2. The lowest BCUT2D eigenvalue weighted by molar-refractivity contribution is -0.139. The summed E-state index contributed by atoms with van der Waals surface area (Å²) in [6, 6.07) is 8.86. The van der Waals surface area contributed by atoms with Crippen molar-refractivity contribution < 1.29 is 14.7 Å². The predicted molar refractivity (Wildman–Crippen MR) is 77.4 cm³/mol. The Labute approximate surface area is 126 Å². The maximum Gasteiger partial charge on any atom is 0.312 e. The fraction of sp³-hybridized carbons (Fsp3) is 0.200. The van der Waals surface area contributed by atoms with Gasteiger partial charge in [-0.25, -0.2) is 0 Å². The van der Waals surface area contributed by atoms with Gasteiger partial charge in [0.15, 0.2) is 0 Å². The summed E-state index contributed by atoms with van der Waals surface area (Å²) < 4.78 is 0. The van der Waals surface area contributed by atoms with Gasteiger partial charge in [0.05, 0.1) is 10.9 Å². The summed E-state index contributed by atoms with van der Waals surface area (Å²) in [4.78, 5) is 28.2. The van der Waals surface area contributed by atoms with Crippen molar-refractivity contribution in [3.8, 4) is 0 Å². The SMILES string of the molecule is O=C(O)C1CN(C(=O)c2cc(Cl)c[nH]2)Cc2ccccc21. The number of carboxylic acids is 1. The molecule has 0 spiro atoms. The van der Waals surface area contributed by atoms with Gasteiger partial charge in [-0.05, 0) is 17.2 Å². The number of aliphatic carboxylic acids is 1. The van der Waals surface area contributed by atoms with Crippen LogP contribution in [0.2, 0.25) is 5.02 Å². The number of carboxylic acid groups (broad SMARTS) is 1. The first-order valence-corrected chi connectivity index (χ1v) is 6.88. The van der Waals surface area contributed by atoms with Crippen LogP contribution in [0, 0.1) is 0 Å². The molecule has 1 atom stereocenters. The molecule has 2 aromatic rings. The largest absolute Gasteiger partial charge is 0.481 e. The quantitative estimate of drug-likeness (QED) is 0.895. The second-order valence-corrected chi connectivity index (χ2v) is 5.44. The Kier molecular flexibility index (Phi) is 3.43. The molecule has 2 heterocycles. The minimum absolute atomic E-state index is 0.155. The van der Waals surface area contributed by atoms with Crippen molar-refractivity contribution in [2.24, 2.45) is 0 Å². The number of nitrogens with one attached hydrogen (secondary N) is 1. The van der Waals surface area contributed by atoms with Crippen LogP contribution in [0.25, 0.3) is 0 Å². The van der Waals surface area contributed by atoms with E-state index in [0.717, 1.165) is 11.1 Å². The molecule has 6 heteroatoms. The van der Waals surface area contributed by atoms with Crippen LogP contribution >= 0.6 is 11.6 Å². The highest BCUT2D eigenvalue weighted by atomic mass is 35.5. The first-order valence-electron chi connectivity index (χ1n) is 6.50. The van der Waals surface area contributed by atoms with Crippen LogP contribution in [0.15, 0.2) is 36.5 Å². The normalized spacial score (nSPS) is 17.4. The Balaban J connectivity index is 1.93. The van der Waals surface area contributed by atoms with Crippen molar-refractivity contribution in [3.05, 3.63) is 58.4 Å². The first-order chi connectivity index (χ1) is 10.1. The summed E-state index contributed by atoms with van der Waals surface area (Å²) in [6.07, 6.45) is 1.53. The van der Waals surface area contributed by atoms with Gasteiger partial charge in [0.25, 0.3) is 5.91 Å². The Bertz CT molecular complexity index is 710. The van der Waals surface area contributed by atoms with Crippen molar-refractivity contribution in [3.63, 3.8) is 0 Å². The highest BCUT2D eigenvalue weighted by Crippen LogP contribution is 2.29. The lowest BCUT2D eigenvalue weighted by Gasteiger charge is -2.32. The predicted octanol–water partition coefficient (Wildman–Crippen LogP) is 2.49. The van der Waals surface area contributed by atoms with Crippen molar-refractivity contribution in [1.82, 2.24) is 9.88 Å². The Morgan fingerprint density at radius 1 is 1.33 bits per heavy atom. The maximum atomic E-state index is 12.4. The topological polar surface area (TPSA) is 73.4 Å². The summed E-state index contributed by atoms with van der Waals surface area (Å²) in [6.45, 7) is 0.553. The molecule has 0 fully saturated rings. The van der Waals surface area contributed by atoms with E-state index in [9.17, 15) is 14.7 Å². The van der Waals surface area contributed by atoms with Crippen LogP contribution < -0.4 is 0 Å². The summed E-state index contributed by atoms with van der Waals surface area (Å²) in [5.74, 6) is -1.88. The number of benzene rings is 1. The van der Waals surface area contributed by atoms with E-state index in [4.69, 9.17) is 11.6 Å². The molecule has 0 saturated heterocycles. The number of aromatic nitrogens is 1. The second-order valence-electron chi connectivity index (χ2n) is 5.01. The number of aromatic amines is 1. The molecule has 1 aliphatic rings. The molecule has 1 unspecified atom stereocenters. The zero-order chi connectivity index (χ0) is 15.0. The van der Waals surface area contributed by atoms with E-state index in [1.807, 2.05) is 18.2 Å². The lowest BCUT2D eigenvalue weighted by Crippen LogP contribution is -2.40. The monoisotopic (exact) mass is 304 g/mol. The Morgan fingerprint density at radius 2 is 2.10 bits per heavy atom. The van der Waals surface area contributed by atoms with Gasteiger partial charge in [0.2, 0.25) is 0 Å². The van der Waals surface area contributed by atoms with E-state index >= 15 is 0 Å². The number of halogens is 1. The molecule has 108 valence electrons. The number of carbonyl (C=O) groups excluding carboxylic acids is 1. The lowest BCUT2D eigenvalue weighted by atomic mass is 9.89. The van der Waals surface area contributed by atoms with Crippen molar-refractivity contribution in [2.45, 2.75) is 12.5 Å². The van der Waals surface area contributed by atoms with E-state index in [1.165, 1.54) is 11.1 Å². The van der Waals surface area contributed by atoms with E-state index in [0.29, 0.717) is 17.3 Å². The fourth-order valence-corrected chi connectivity index (χ4v) is 2.80. The van der Waals surface area contributed by atoms with Crippen LogP contribution in [0.4, 0.5) is 0 Å². The minimum atomic E-state index is -0.926. The number of nitrogens with zero attached hydrogens (tertiary/aromatic N) is 1. The molecule has 0 saturated carbocycles. The number of H-pyrrole nitrogens is 1. The molecule has 2 N–H and O–H groups in total. The first kappa shape index (κ1) is 13.7. The number of fused-ring (bicyclic) bond motifs is 1. The minimum Gasteiger partial charge on any atom is -0.481 e. The average Bonchev–Trinajstić information content (AvgIpc) is 2.91. The molecule has 5 nitrogen and oxygen atoms in total. The number of hydrogen-bond donors (Lipinski definition) is 2. The average molecular weight is 305 g/mol. The van der Waals surface area contributed by atoms with Gasteiger partial charge in [-0.1, -0.05) is 35.9 Å². The van der Waals surface area contributed by atoms with Gasteiger partial charge in [0.1, 0.15) is 5.69 Å². The molecule has 0 bridgehead atoms. The highest BCUT2D eigenvalue weighted by molar-refractivity contribution is 6.30. The molecular weight excluding hydrogens is 292 g/mol. The van der Waals surface area contributed by atoms with Crippen molar-refractivity contribution in [1.29, 1.82) is 0 Å². The third-order valence-electron chi connectivity index (χ3n) is 3.66. The van der Waals surface area contributed by atoms with Gasteiger partial charge in [-0.15, -0.1) is 0 Å². The second kappa shape index (κ2) is 5.26. The molecule has 3 rings (SSSR count). The van der Waals surface area contributed by atoms with E-state index < -0.39 is 11.9 Å². The maximum absolute atomic E-state index is 12.4. The van der Waals surface area contributed by atoms with Gasteiger partial charge >= 0.3 is 5.97 Å². The van der Waals surface area contributed by atoms with Crippen LogP contribution in [0.5, 0.6) is 0 Å². The fourth-order valence-electron chi connectivity index (χ4n) is 2.63. The smallest absolute Gasteiger partial charge is 0.312 e. The van der Waals surface area contributed by atoms with Crippen LogP contribution in [-0.4, -0.2) is 33.4 Å². The summed E-state index contributed by atoms with van der Waals surface area (Å²) >= 11 is 5.81. The highest BCUT2D eigenvalue weighted by Gasteiger charge is 2.33. The standard InChI is InChI=1S/C15H13ClN2O3/c16-10-5-13(17-6-10)14(19)18-7-9-3-1-2-4-11(9)12(8-18)15(20)21/h1-6,12,17H,7-8H2,(H,20,21). The third-order valence-corrected chi connectivity index (χ3v) is 3.88. The zero-order valence-corrected chi connectivity index (χ0v) is 11.8. The molecule has 1 amide bonds. The summed E-state index contributed by atoms with van der Waals surface area (Å²) in [7, 11) is 0. The van der Waals surface area contributed by atoms with E-state index in [2.05, 4.69) is 4.98 Å². The van der Waals surface area contributed by atoms with Crippen molar-refractivity contribution in [2.75, 3.05) is 6.54 Å². The van der Waals surface area contributed by atoms with E-state index in [-0.39, 0.29) is 12.5 Å². The Morgan fingerprint density at radius 3 is 2.76 bits per heavy atom. The molecule has 0 aliphatic carbocycles. The molecule has 1 aliphatic heterocycles. The summed E-state index contributed by atoms with van der Waals surface area (Å²) in [5.41, 5.74) is 2.00. The van der Waals surface area contributed by atoms with Crippen molar-refractivity contribution >= 4 is 23.5 Å². The number of rotatable bonds is 2. The van der Waals surface area contributed by atoms with Gasteiger partial charge in [-0.3, -0.25) is 9.59 Å². The molecule has 1 aromatic heterocycles. The van der Waals surface area contributed by atoms with Gasteiger partial charge in [-0.2, -0.15) is 0 Å².